The second kappa shape index (κ2) is 5.64. The van der Waals surface area contributed by atoms with Crippen molar-refractivity contribution in [3.8, 4) is 0 Å². The number of hydrogen-bond acceptors (Lipinski definition) is 1. The Balaban J connectivity index is 2.47. The SMILES string of the molecule is CC(C)[Si](On1ccc2ccccc21)(C(C)C)C(C)C. The quantitative estimate of drug-likeness (QED) is 0.686. The number of rotatable bonds is 5. The standard InChI is InChI=1S/C17H27NOSi/c1-13(2)20(14(3)4,15(5)6)19-18-12-11-16-9-7-8-10-17(16)18/h7-15H,1-6H3. The molecule has 0 atom stereocenters. The van der Waals surface area contributed by atoms with Gasteiger partial charge in [0.2, 0.25) is 0 Å². The molecule has 0 spiro atoms. The molecule has 2 rings (SSSR count). The molecule has 1 heterocycles. The van der Waals surface area contributed by atoms with E-state index in [4.69, 9.17) is 4.53 Å². The number of fused-ring (bicyclic) bond motifs is 1. The van der Waals surface area contributed by atoms with Crippen LogP contribution in [0.2, 0.25) is 16.6 Å². The first-order valence-corrected chi connectivity index (χ1v) is 9.79. The van der Waals surface area contributed by atoms with Crippen LogP contribution in [0.1, 0.15) is 41.5 Å². The number of nitrogens with zero attached hydrogens (tertiary/aromatic N) is 1. The number of para-hydroxylation sites is 1. The Hall–Kier alpha value is -1.22. The molecule has 0 amide bonds. The van der Waals surface area contributed by atoms with Gasteiger partial charge < -0.3 is 4.53 Å². The highest BCUT2D eigenvalue weighted by Crippen LogP contribution is 2.40. The summed E-state index contributed by atoms with van der Waals surface area (Å²) in [6, 6.07) is 10.6. The minimum atomic E-state index is -1.89. The maximum Gasteiger partial charge on any atom is 0.292 e. The zero-order valence-corrected chi connectivity index (χ0v) is 14.6. The smallest absolute Gasteiger partial charge is 0.292 e. The average molecular weight is 289 g/mol. The minimum absolute atomic E-state index is 0.587. The van der Waals surface area contributed by atoms with E-state index in [1.807, 2.05) is 4.73 Å². The van der Waals surface area contributed by atoms with Crippen LogP contribution in [0.4, 0.5) is 0 Å². The van der Waals surface area contributed by atoms with Crippen LogP contribution in [0.3, 0.4) is 0 Å². The molecule has 2 nitrogen and oxygen atoms in total. The summed E-state index contributed by atoms with van der Waals surface area (Å²) in [4.78, 5) is 0. The summed E-state index contributed by atoms with van der Waals surface area (Å²) < 4.78 is 8.71. The lowest BCUT2D eigenvalue weighted by Gasteiger charge is -2.41. The van der Waals surface area contributed by atoms with Gasteiger partial charge in [-0.3, -0.25) is 0 Å². The van der Waals surface area contributed by atoms with Gasteiger partial charge in [-0.1, -0.05) is 59.7 Å². The van der Waals surface area contributed by atoms with Crippen LogP contribution in [0.15, 0.2) is 36.5 Å². The van der Waals surface area contributed by atoms with E-state index in [0.717, 1.165) is 0 Å². The Kier molecular flexibility index (Phi) is 4.28. The van der Waals surface area contributed by atoms with E-state index in [-0.39, 0.29) is 0 Å². The third kappa shape index (κ3) is 2.39. The molecule has 20 heavy (non-hydrogen) atoms. The lowest BCUT2D eigenvalue weighted by molar-refractivity contribution is 0.254. The Bertz CT molecular complexity index is 549. The molecule has 0 saturated carbocycles. The van der Waals surface area contributed by atoms with Gasteiger partial charge >= 0.3 is 0 Å². The largest absolute Gasteiger partial charge is 0.469 e. The number of aromatic nitrogens is 1. The van der Waals surface area contributed by atoms with Crippen molar-refractivity contribution in [2.75, 3.05) is 0 Å². The van der Waals surface area contributed by atoms with E-state index in [0.29, 0.717) is 16.6 Å². The predicted molar refractivity (Wildman–Crippen MR) is 89.6 cm³/mol. The molecule has 0 aliphatic carbocycles. The zero-order chi connectivity index (χ0) is 14.9. The first kappa shape index (κ1) is 15.2. The molecule has 1 aromatic heterocycles. The van der Waals surface area contributed by atoms with Crippen LogP contribution in [-0.2, 0) is 0 Å². The minimum Gasteiger partial charge on any atom is -0.469 e. The van der Waals surface area contributed by atoms with E-state index in [1.54, 1.807) is 0 Å². The summed E-state index contributed by atoms with van der Waals surface area (Å²) in [6.45, 7) is 13.9. The summed E-state index contributed by atoms with van der Waals surface area (Å²) in [5.41, 5.74) is 2.93. The van der Waals surface area contributed by atoms with Gasteiger partial charge in [0.25, 0.3) is 8.32 Å². The Morgan fingerprint density at radius 3 is 1.95 bits per heavy atom. The summed E-state index contributed by atoms with van der Waals surface area (Å²) in [7, 11) is -1.89. The summed E-state index contributed by atoms with van der Waals surface area (Å²) in [6.07, 6.45) is 2.07. The molecular weight excluding hydrogens is 262 g/mol. The van der Waals surface area contributed by atoms with Crippen molar-refractivity contribution in [1.82, 2.24) is 4.73 Å². The maximum atomic E-state index is 6.70. The van der Waals surface area contributed by atoms with E-state index in [9.17, 15) is 0 Å². The first-order valence-electron chi connectivity index (χ1n) is 7.65. The van der Waals surface area contributed by atoms with Crippen LogP contribution in [0.25, 0.3) is 10.9 Å². The third-order valence-electron chi connectivity index (χ3n) is 4.53. The van der Waals surface area contributed by atoms with Crippen LogP contribution in [0.5, 0.6) is 0 Å². The molecule has 0 aliphatic heterocycles. The number of benzene rings is 1. The Labute approximate surface area is 123 Å². The monoisotopic (exact) mass is 289 g/mol. The molecule has 0 radical (unpaired) electrons. The molecule has 2 aromatic rings. The van der Waals surface area contributed by atoms with Gasteiger partial charge in [-0.2, -0.15) is 0 Å². The highest BCUT2D eigenvalue weighted by Gasteiger charge is 2.48. The van der Waals surface area contributed by atoms with Gasteiger partial charge in [-0.15, -0.1) is 0 Å². The van der Waals surface area contributed by atoms with Crippen molar-refractivity contribution in [1.29, 1.82) is 0 Å². The molecule has 0 fully saturated rings. The van der Waals surface area contributed by atoms with E-state index in [1.165, 1.54) is 10.9 Å². The Morgan fingerprint density at radius 2 is 1.40 bits per heavy atom. The van der Waals surface area contributed by atoms with E-state index < -0.39 is 8.32 Å². The van der Waals surface area contributed by atoms with E-state index >= 15 is 0 Å². The second-order valence-corrected chi connectivity index (χ2v) is 12.0. The van der Waals surface area contributed by atoms with Gasteiger partial charge in [0.1, 0.15) is 0 Å². The molecule has 0 saturated heterocycles. The van der Waals surface area contributed by atoms with Crippen molar-refractivity contribution >= 4 is 19.2 Å². The van der Waals surface area contributed by atoms with Crippen LogP contribution >= 0.6 is 0 Å². The fraction of sp³-hybridized carbons (Fsp3) is 0.529. The van der Waals surface area contributed by atoms with Gasteiger partial charge in [-0.25, -0.2) is 4.73 Å². The van der Waals surface area contributed by atoms with Crippen LogP contribution in [0, 0.1) is 0 Å². The maximum absolute atomic E-state index is 6.70. The van der Waals surface area contributed by atoms with Gasteiger partial charge in [0.05, 0.1) is 5.52 Å². The molecular formula is C17H27NOSi. The van der Waals surface area contributed by atoms with E-state index in [2.05, 4.69) is 78.1 Å². The topological polar surface area (TPSA) is 14.2 Å². The second-order valence-electron chi connectivity index (χ2n) is 6.61. The van der Waals surface area contributed by atoms with Crippen molar-refractivity contribution < 1.29 is 4.53 Å². The normalized spacial score (nSPS) is 12.8. The molecule has 110 valence electrons. The molecule has 1 aromatic carbocycles. The van der Waals surface area contributed by atoms with Crippen molar-refractivity contribution in [3.63, 3.8) is 0 Å². The predicted octanol–water partition coefficient (Wildman–Crippen LogP) is 5.25. The lowest BCUT2D eigenvalue weighted by Crippen LogP contribution is -2.54. The van der Waals surface area contributed by atoms with Crippen molar-refractivity contribution in [2.45, 2.75) is 58.2 Å². The molecule has 0 N–H and O–H groups in total. The molecule has 0 aliphatic rings. The van der Waals surface area contributed by atoms with Gasteiger partial charge in [0.15, 0.2) is 0 Å². The fourth-order valence-corrected chi connectivity index (χ4v) is 8.76. The summed E-state index contributed by atoms with van der Waals surface area (Å²) in [5, 5.41) is 1.24. The summed E-state index contributed by atoms with van der Waals surface area (Å²) >= 11 is 0. The summed E-state index contributed by atoms with van der Waals surface area (Å²) in [5.74, 6) is 0. The molecule has 0 unspecified atom stereocenters. The van der Waals surface area contributed by atoms with Crippen molar-refractivity contribution in [3.05, 3.63) is 36.5 Å². The third-order valence-corrected chi connectivity index (χ3v) is 10.5. The Morgan fingerprint density at radius 1 is 0.850 bits per heavy atom. The van der Waals surface area contributed by atoms with Gasteiger partial charge in [0, 0.05) is 11.6 Å². The molecule has 0 bridgehead atoms. The van der Waals surface area contributed by atoms with Crippen LogP contribution in [-0.4, -0.2) is 13.0 Å². The molecule has 3 heteroatoms. The van der Waals surface area contributed by atoms with Crippen molar-refractivity contribution in [2.24, 2.45) is 0 Å². The fourth-order valence-electron chi connectivity index (χ4n) is 3.62. The average Bonchev–Trinajstić information content (AvgIpc) is 2.77. The lowest BCUT2D eigenvalue weighted by atomic mass is 10.3. The van der Waals surface area contributed by atoms with Gasteiger partial charge in [-0.05, 0) is 28.8 Å². The zero-order valence-electron chi connectivity index (χ0n) is 13.6. The van der Waals surface area contributed by atoms with Crippen LogP contribution < -0.4 is 4.53 Å². The number of hydrogen-bond donors (Lipinski definition) is 0. The highest BCUT2D eigenvalue weighted by atomic mass is 28.4. The highest BCUT2D eigenvalue weighted by molar-refractivity contribution is 6.77. The first-order chi connectivity index (χ1) is 9.39.